The topological polar surface area (TPSA) is 60.3 Å². The Morgan fingerprint density at radius 1 is 1.29 bits per heavy atom. The number of anilines is 1. The molecule has 0 fully saturated rings. The second-order valence-electron chi connectivity index (χ2n) is 5.11. The summed E-state index contributed by atoms with van der Waals surface area (Å²) in [4.78, 5) is 23.7. The predicted molar refractivity (Wildman–Crippen MR) is 97.3 cm³/mol. The van der Waals surface area contributed by atoms with Crippen molar-refractivity contribution in [1.29, 1.82) is 0 Å². The van der Waals surface area contributed by atoms with Gasteiger partial charge in [-0.1, -0.05) is 35.1 Å². The lowest BCUT2D eigenvalue weighted by Gasteiger charge is -2.08. The Hall–Kier alpha value is -2.31. The molecule has 0 saturated heterocycles. The van der Waals surface area contributed by atoms with Gasteiger partial charge in [-0.15, -0.1) is 0 Å². The van der Waals surface area contributed by atoms with Crippen LogP contribution in [0.2, 0.25) is 5.02 Å². The first-order valence-corrected chi connectivity index (χ1v) is 8.58. The molecule has 24 heavy (non-hydrogen) atoms. The van der Waals surface area contributed by atoms with Crippen LogP contribution in [0.25, 0.3) is 10.2 Å². The van der Waals surface area contributed by atoms with E-state index < -0.39 is 6.09 Å². The van der Waals surface area contributed by atoms with Crippen LogP contribution >= 0.6 is 22.9 Å². The Morgan fingerprint density at radius 3 is 2.92 bits per heavy atom. The summed E-state index contributed by atoms with van der Waals surface area (Å²) in [5.41, 5.74) is 2.32. The minimum Gasteiger partial charge on any atom is -0.450 e. The molecule has 0 spiro atoms. The van der Waals surface area contributed by atoms with Crippen LogP contribution in [-0.4, -0.2) is 17.3 Å². The maximum absolute atomic E-state index is 12.3. The first-order chi connectivity index (χ1) is 11.6. The first-order valence-electron chi connectivity index (χ1n) is 7.38. The Morgan fingerprint density at radius 2 is 2.12 bits per heavy atom. The number of hydrogen-bond acceptors (Lipinski definition) is 4. The van der Waals surface area contributed by atoms with Gasteiger partial charge in [0.1, 0.15) is 0 Å². The molecule has 7 heteroatoms. The molecule has 0 atom stereocenters. The third-order valence-corrected chi connectivity index (χ3v) is 4.61. The van der Waals surface area contributed by atoms with Gasteiger partial charge in [0.2, 0.25) is 0 Å². The van der Waals surface area contributed by atoms with E-state index in [0.29, 0.717) is 23.9 Å². The van der Waals surface area contributed by atoms with Crippen LogP contribution in [-0.2, 0) is 11.3 Å². The number of nitrogens with one attached hydrogen (secondary N) is 1. The van der Waals surface area contributed by atoms with E-state index in [9.17, 15) is 9.59 Å². The second-order valence-corrected chi connectivity index (χ2v) is 6.54. The van der Waals surface area contributed by atoms with Crippen molar-refractivity contribution in [2.45, 2.75) is 13.5 Å². The average Bonchev–Trinajstić information content (AvgIpc) is 2.84. The van der Waals surface area contributed by atoms with Crippen LogP contribution in [0.5, 0.6) is 0 Å². The number of ether oxygens (including phenoxy) is 1. The zero-order valence-electron chi connectivity index (χ0n) is 12.9. The summed E-state index contributed by atoms with van der Waals surface area (Å²) < 4.78 is 7.43. The summed E-state index contributed by atoms with van der Waals surface area (Å²) in [6.45, 7) is 2.45. The third-order valence-electron chi connectivity index (χ3n) is 3.42. The fraction of sp³-hybridized carbons (Fsp3) is 0.176. The Bertz CT molecular complexity index is 948. The van der Waals surface area contributed by atoms with Crippen LogP contribution in [0.1, 0.15) is 12.5 Å². The van der Waals surface area contributed by atoms with Gasteiger partial charge in [0.15, 0.2) is 0 Å². The number of fused-ring (bicyclic) bond motifs is 1. The molecule has 124 valence electrons. The van der Waals surface area contributed by atoms with Gasteiger partial charge in [0, 0.05) is 10.7 Å². The summed E-state index contributed by atoms with van der Waals surface area (Å²) >= 11 is 7.23. The van der Waals surface area contributed by atoms with Crippen molar-refractivity contribution in [3.8, 4) is 0 Å². The minimum atomic E-state index is -0.500. The summed E-state index contributed by atoms with van der Waals surface area (Å²) in [5, 5.41) is 3.25. The van der Waals surface area contributed by atoms with Gasteiger partial charge in [0.25, 0.3) is 0 Å². The normalized spacial score (nSPS) is 10.8. The number of benzene rings is 2. The molecule has 2 aromatic carbocycles. The lowest BCUT2D eigenvalue weighted by molar-refractivity contribution is 0.168. The Labute approximate surface area is 147 Å². The van der Waals surface area contributed by atoms with Crippen molar-refractivity contribution in [2.24, 2.45) is 0 Å². The van der Waals surface area contributed by atoms with Crippen molar-refractivity contribution in [2.75, 3.05) is 11.9 Å². The van der Waals surface area contributed by atoms with Crippen molar-refractivity contribution in [1.82, 2.24) is 4.57 Å². The van der Waals surface area contributed by atoms with Gasteiger partial charge in [-0.05, 0) is 42.8 Å². The minimum absolute atomic E-state index is 0.0454. The van der Waals surface area contributed by atoms with Gasteiger partial charge in [0.05, 0.1) is 23.4 Å². The highest BCUT2D eigenvalue weighted by molar-refractivity contribution is 7.16. The fourth-order valence-electron chi connectivity index (χ4n) is 2.40. The number of aromatic nitrogens is 1. The number of carbonyl (C=O) groups excluding carboxylic acids is 1. The maximum Gasteiger partial charge on any atom is 0.411 e. The number of nitrogens with zero attached hydrogens (tertiary/aromatic N) is 1. The highest BCUT2D eigenvalue weighted by Gasteiger charge is 2.09. The third kappa shape index (κ3) is 3.60. The van der Waals surface area contributed by atoms with Gasteiger partial charge in [-0.3, -0.25) is 14.7 Å². The number of thiazole rings is 1. The smallest absolute Gasteiger partial charge is 0.411 e. The highest BCUT2D eigenvalue weighted by atomic mass is 35.5. The summed E-state index contributed by atoms with van der Waals surface area (Å²) in [6.07, 6.45) is -0.500. The summed E-state index contributed by atoms with van der Waals surface area (Å²) in [7, 11) is 0. The molecular formula is C17H15ClN2O3S. The van der Waals surface area contributed by atoms with Crippen LogP contribution in [0.15, 0.2) is 47.3 Å². The van der Waals surface area contributed by atoms with Crippen molar-refractivity contribution < 1.29 is 9.53 Å². The molecule has 0 saturated carbocycles. The van der Waals surface area contributed by atoms with Crippen LogP contribution < -0.4 is 10.2 Å². The average molecular weight is 363 g/mol. The molecule has 0 radical (unpaired) electrons. The lowest BCUT2D eigenvalue weighted by Crippen LogP contribution is -2.15. The van der Waals surface area contributed by atoms with Crippen LogP contribution in [0.4, 0.5) is 10.5 Å². The number of carbonyl (C=O) groups is 1. The highest BCUT2D eigenvalue weighted by Crippen LogP contribution is 2.23. The van der Waals surface area contributed by atoms with Gasteiger partial charge in [-0.2, -0.15) is 0 Å². The number of amides is 1. The van der Waals surface area contributed by atoms with E-state index in [2.05, 4.69) is 5.32 Å². The molecule has 1 aromatic heterocycles. The van der Waals surface area contributed by atoms with Crippen molar-refractivity contribution in [3.05, 3.63) is 62.7 Å². The van der Waals surface area contributed by atoms with Gasteiger partial charge < -0.3 is 4.74 Å². The van der Waals surface area contributed by atoms with E-state index in [1.807, 2.05) is 24.3 Å². The largest absolute Gasteiger partial charge is 0.450 e. The molecule has 0 aliphatic carbocycles. The lowest BCUT2D eigenvalue weighted by atomic mass is 10.2. The van der Waals surface area contributed by atoms with Gasteiger partial charge >= 0.3 is 11.0 Å². The quantitative estimate of drug-likeness (QED) is 0.751. The predicted octanol–water partition coefficient (Wildman–Crippen LogP) is 4.33. The zero-order chi connectivity index (χ0) is 17.1. The Kier molecular flexibility index (Phi) is 4.87. The number of hydrogen-bond donors (Lipinski definition) is 1. The molecule has 0 bridgehead atoms. The number of halogens is 1. The molecule has 3 rings (SSSR count). The number of rotatable bonds is 4. The van der Waals surface area contributed by atoms with Gasteiger partial charge in [-0.25, -0.2) is 4.79 Å². The molecule has 0 unspecified atom stereocenters. The molecule has 1 heterocycles. The molecule has 1 N–H and O–H groups in total. The van der Waals surface area contributed by atoms with E-state index >= 15 is 0 Å². The van der Waals surface area contributed by atoms with Crippen molar-refractivity contribution in [3.63, 3.8) is 0 Å². The molecule has 0 aliphatic rings. The first kappa shape index (κ1) is 16.5. The van der Waals surface area contributed by atoms with Crippen LogP contribution in [0.3, 0.4) is 0 Å². The molecule has 1 amide bonds. The zero-order valence-corrected chi connectivity index (χ0v) is 14.5. The standard InChI is InChI=1S/C17H15ClN2O3S/c1-2-23-16(21)19-13-5-3-4-11(8-13)10-20-14-9-12(18)6-7-15(14)24-17(20)22/h3-9H,2,10H2,1H3,(H,19,21). The van der Waals surface area contributed by atoms with E-state index in [-0.39, 0.29) is 4.87 Å². The monoisotopic (exact) mass is 362 g/mol. The molecule has 5 nitrogen and oxygen atoms in total. The second kappa shape index (κ2) is 7.07. The molecule has 0 aliphatic heterocycles. The Balaban J connectivity index is 1.89. The van der Waals surface area contributed by atoms with E-state index in [0.717, 1.165) is 15.8 Å². The summed E-state index contributed by atoms with van der Waals surface area (Å²) in [5.74, 6) is 0. The fourth-order valence-corrected chi connectivity index (χ4v) is 3.44. The van der Waals surface area contributed by atoms with Crippen molar-refractivity contribution >= 4 is 44.9 Å². The van der Waals surface area contributed by atoms with Crippen LogP contribution in [0, 0.1) is 0 Å². The van der Waals surface area contributed by atoms with E-state index in [1.54, 1.807) is 29.7 Å². The summed E-state index contributed by atoms with van der Waals surface area (Å²) in [6, 6.07) is 12.7. The molecule has 3 aromatic rings. The maximum atomic E-state index is 12.3. The van der Waals surface area contributed by atoms with E-state index in [1.165, 1.54) is 11.3 Å². The van der Waals surface area contributed by atoms with E-state index in [4.69, 9.17) is 16.3 Å². The molecular weight excluding hydrogens is 348 g/mol. The SMILES string of the molecule is CCOC(=O)Nc1cccc(Cn2c(=O)sc3ccc(Cl)cc32)c1.